The van der Waals surface area contributed by atoms with Gasteiger partial charge in [-0.05, 0) is 39.0 Å². The van der Waals surface area contributed by atoms with Gasteiger partial charge in [-0.1, -0.05) is 0 Å². The molecule has 1 aromatic rings. The van der Waals surface area contributed by atoms with Crippen LogP contribution < -0.4 is 16.4 Å². The number of aromatic nitrogens is 2. The van der Waals surface area contributed by atoms with Crippen molar-refractivity contribution in [3.05, 3.63) is 11.8 Å². The molecule has 0 unspecified atom stereocenters. The molecule has 0 spiro atoms. The zero-order valence-corrected chi connectivity index (χ0v) is 14.7. The Hall–Kier alpha value is -1.93. The highest BCUT2D eigenvalue weighted by atomic mass is 16.5. The summed E-state index contributed by atoms with van der Waals surface area (Å²) in [6, 6.07) is 0.460. The monoisotopic (exact) mass is 349 g/mol. The van der Waals surface area contributed by atoms with E-state index in [4.69, 9.17) is 15.2 Å². The smallest absolute Gasteiger partial charge is 0.254 e. The number of carbonyl (C=O) groups excluding carboxylic acids is 1. The third kappa shape index (κ3) is 4.79. The summed E-state index contributed by atoms with van der Waals surface area (Å²) in [5, 5.41) is 6.63. The molecule has 138 valence electrons. The van der Waals surface area contributed by atoms with Gasteiger partial charge in [0.15, 0.2) is 0 Å². The van der Waals surface area contributed by atoms with Gasteiger partial charge in [0.2, 0.25) is 5.95 Å². The van der Waals surface area contributed by atoms with Gasteiger partial charge in [-0.3, -0.25) is 4.79 Å². The van der Waals surface area contributed by atoms with E-state index in [0.29, 0.717) is 42.7 Å². The minimum Gasteiger partial charge on any atom is -0.379 e. The number of carbonyl (C=O) groups is 1. The topological polar surface area (TPSA) is 111 Å². The maximum atomic E-state index is 11.6. The van der Waals surface area contributed by atoms with E-state index in [1.165, 1.54) is 6.20 Å². The summed E-state index contributed by atoms with van der Waals surface area (Å²) < 4.78 is 11.0. The van der Waals surface area contributed by atoms with Crippen molar-refractivity contribution in [3.8, 4) is 0 Å². The Morgan fingerprint density at radius 2 is 2.08 bits per heavy atom. The minimum atomic E-state index is -0.537. The number of ether oxygens (including phenoxy) is 2. The maximum Gasteiger partial charge on any atom is 0.254 e. The van der Waals surface area contributed by atoms with Crippen molar-refractivity contribution in [1.29, 1.82) is 0 Å². The maximum absolute atomic E-state index is 11.6. The molecular weight excluding hydrogens is 322 g/mol. The standard InChI is InChI=1S/C17H27N5O3/c1-2-25-13-5-3-11(4-6-13)21-17-19-9-14(15(18)23)16(22-17)20-12-7-8-24-10-12/h9,11-13H,2-8,10H2,1H3,(H2,18,23)(H2,19,20,21,22)/t11-,12-,13-/m0/s1. The molecule has 8 nitrogen and oxygen atoms in total. The number of nitrogens with zero attached hydrogens (tertiary/aromatic N) is 2. The molecule has 1 aliphatic heterocycles. The van der Waals surface area contributed by atoms with E-state index < -0.39 is 5.91 Å². The van der Waals surface area contributed by atoms with Gasteiger partial charge in [-0.15, -0.1) is 0 Å². The van der Waals surface area contributed by atoms with Crippen LogP contribution in [0.2, 0.25) is 0 Å². The van der Waals surface area contributed by atoms with E-state index in [0.717, 1.165) is 38.7 Å². The second kappa shape index (κ2) is 8.44. The predicted molar refractivity (Wildman–Crippen MR) is 94.7 cm³/mol. The van der Waals surface area contributed by atoms with Gasteiger partial charge in [-0.2, -0.15) is 4.98 Å². The fourth-order valence-corrected chi connectivity index (χ4v) is 3.38. The molecule has 0 radical (unpaired) electrons. The fraction of sp³-hybridized carbons (Fsp3) is 0.706. The number of hydrogen-bond acceptors (Lipinski definition) is 7. The van der Waals surface area contributed by atoms with Gasteiger partial charge >= 0.3 is 0 Å². The van der Waals surface area contributed by atoms with Crippen LogP contribution >= 0.6 is 0 Å². The first kappa shape index (κ1) is 17.9. The van der Waals surface area contributed by atoms with Crippen LogP contribution in [0.1, 0.15) is 49.4 Å². The largest absolute Gasteiger partial charge is 0.379 e. The van der Waals surface area contributed by atoms with Gasteiger partial charge in [0.25, 0.3) is 5.91 Å². The summed E-state index contributed by atoms with van der Waals surface area (Å²) in [5.74, 6) is 0.458. The molecule has 3 rings (SSSR count). The summed E-state index contributed by atoms with van der Waals surface area (Å²) >= 11 is 0. The van der Waals surface area contributed by atoms with Gasteiger partial charge in [0.05, 0.1) is 24.3 Å². The average molecular weight is 349 g/mol. The lowest BCUT2D eigenvalue weighted by atomic mass is 9.93. The van der Waals surface area contributed by atoms with Crippen LogP contribution in [0.15, 0.2) is 6.20 Å². The van der Waals surface area contributed by atoms with E-state index in [9.17, 15) is 4.79 Å². The lowest BCUT2D eigenvalue weighted by molar-refractivity contribution is 0.0346. The first-order valence-corrected chi connectivity index (χ1v) is 9.05. The van der Waals surface area contributed by atoms with Crippen molar-refractivity contribution in [1.82, 2.24) is 9.97 Å². The van der Waals surface area contributed by atoms with Gasteiger partial charge in [0.1, 0.15) is 5.82 Å². The van der Waals surface area contributed by atoms with E-state index in [1.54, 1.807) is 0 Å². The number of nitrogens with one attached hydrogen (secondary N) is 2. The van der Waals surface area contributed by atoms with Crippen LogP contribution in [0.3, 0.4) is 0 Å². The van der Waals surface area contributed by atoms with Crippen molar-refractivity contribution in [2.45, 2.75) is 57.2 Å². The van der Waals surface area contributed by atoms with Crippen molar-refractivity contribution in [3.63, 3.8) is 0 Å². The highest BCUT2D eigenvalue weighted by Crippen LogP contribution is 2.24. The molecule has 1 aliphatic carbocycles. The highest BCUT2D eigenvalue weighted by molar-refractivity contribution is 5.97. The summed E-state index contributed by atoms with van der Waals surface area (Å²) in [6.07, 6.45) is 6.84. The molecule has 1 atom stereocenters. The van der Waals surface area contributed by atoms with Crippen LogP contribution in [-0.2, 0) is 9.47 Å². The number of nitrogens with two attached hydrogens (primary N) is 1. The normalized spacial score (nSPS) is 26.4. The van der Waals surface area contributed by atoms with Crippen molar-refractivity contribution in [2.24, 2.45) is 5.73 Å². The number of hydrogen-bond donors (Lipinski definition) is 3. The zero-order valence-electron chi connectivity index (χ0n) is 14.7. The molecule has 8 heteroatoms. The molecule has 1 saturated carbocycles. The summed E-state index contributed by atoms with van der Waals surface area (Å²) in [5.41, 5.74) is 5.75. The molecule has 1 amide bonds. The average Bonchev–Trinajstić information content (AvgIpc) is 3.10. The third-order valence-corrected chi connectivity index (χ3v) is 4.73. The van der Waals surface area contributed by atoms with E-state index in [-0.39, 0.29) is 6.04 Å². The third-order valence-electron chi connectivity index (χ3n) is 4.73. The molecular formula is C17H27N5O3. The molecule has 2 fully saturated rings. The summed E-state index contributed by atoms with van der Waals surface area (Å²) in [4.78, 5) is 20.4. The van der Waals surface area contributed by atoms with Crippen LogP contribution in [0.5, 0.6) is 0 Å². The molecule has 25 heavy (non-hydrogen) atoms. The predicted octanol–water partition coefficient (Wildman–Crippen LogP) is 1.54. The number of anilines is 2. The molecule has 1 saturated heterocycles. The van der Waals surface area contributed by atoms with Crippen LogP contribution in [0.4, 0.5) is 11.8 Å². The van der Waals surface area contributed by atoms with Gasteiger partial charge < -0.3 is 25.8 Å². The molecule has 0 aromatic carbocycles. The Morgan fingerprint density at radius 3 is 2.72 bits per heavy atom. The lowest BCUT2D eigenvalue weighted by Crippen LogP contribution is -2.31. The lowest BCUT2D eigenvalue weighted by Gasteiger charge is -2.29. The van der Waals surface area contributed by atoms with Crippen LogP contribution in [0, 0.1) is 0 Å². The Kier molecular flexibility index (Phi) is 6.04. The van der Waals surface area contributed by atoms with Gasteiger partial charge in [-0.25, -0.2) is 4.98 Å². The quantitative estimate of drug-likeness (QED) is 0.684. The first-order valence-electron chi connectivity index (χ1n) is 9.05. The second-order valence-electron chi connectivity index (χ2n) is 6.60. The van der Waals surface area contributed by atoms with E-state index in [2.05, 4.69) is 20.6 Å². The molecule has 4 N–H and O–H groups in total. The van der Waals surface area contributed by atoms with Crippen LogP contribution in [0.25, 0.3) is 0 Å². The van der Waals surface area contributed by atoms with Crippen molar-refractivity contribution in [2.75, 3.05) is 30.5 Å². The summed E-state index contributed by atoms with van der Waals surface area (Å²) in [6.45, 7) is 4.11. The number of amides is 1. The fourth-order valence-electron chi connectivity index (χ4n) is 3.38. The summed E-state index contributed by atoms with van der Waals surface area (Å²) in [7, 11) is 0. The first-order chi connectivity index (χ1) is 12.2. The molecule has 1 aromatic heterocycles. The molecule has 2 heterocycles. The van der Waals surface area contributed by atoms with Crippen LogP contribution in [-0.4, -0.2) is 53.9 Å². The molecule has 2 aliphatic rings. The van der Waals surface area contributed by atoms with Crippen molar-refractivity contribution < 1.29 is 14.3 Å². The van der Waals surface area contributed by atoms with E-state index in [1.807, 2.05) is 6.92 Å². The van der Waals surface area contributed by atoms with Crippen molar-refractivity contribution >= 4 is 17.7 Å². The second-order valence-corrected chi connectivity index (χ2v) is 6.60. The Morgan fingerprint density at radius 1 is 1.28 bits per heavy atom. The Labute approximate surface area is 147 Å². The Bertz CT molecular complexity index is 584. The number of primary amides is 1. The minimum absolute atomic E-state index is 0.141. The zero-order chi connectivity index (χ0) is 17.6. The van der Waals surface area contributed by atoms with Gasteiger partial charge in [0, 0.05) is 25.5 Å². The SMILES string of the molecule is CCO[C@H]1CC[C@H](Nc2ncc(C(N)=O)c(N[C@H]3CCOC3)n2)CC1. The van der Waals surface area contributed by atoms with E-state index >= 15 is 0 Å². The Balaban J connectivity index is 1.64. The number of rotatable bonds is 7. The molecule has 0 bridgehead atoms. The highest BCUT2D eigenvalue weighted by Gasteiger charge is 2.23.